The summed E-state index contributed by atoms with van der Waals surface area (Å²) in [5.74, 6) is -0.946. The van der Waals surface area contributed by atoms with Crippen molar-refractivity contribution in [3.63, 3.8) is 0 Å². The zero-order valence-corrected chi connectivity index (χ0v) is 24.9. The van der Waals surface area contributed by atoms with Gasteiger partial charge in [0, 0.05) is 17.4 Å². The van der Waals surface area contributed by atoms with E-state index in [0.29, 0.717) is 17.8 Å². The van der Waals surface area contributed by atoms with E-state index in [4.69, 9.17) is 0 Å². The fourth-order valence-corrected chi connectivity index (χ4v) is 6.05. The van der Waals surface area contributed by atoms with Crippen LogP contribution in [0.25, 0.3) is 16.9 Å². The number of anilines is 2. The number of aryl methyl sites for hydroxylation is 2. The normalized spacial score (nSPS) is 16.2. The summed E-state index contributed by atoms with van der Waals surface area (Å²) in [6, 6.07) is 11.0. The Balaban J connectivity index is 1.32. The van der Waals surface area contributed by atoms with E-state index >= 15 is 4.39 Å². The number of amidine groups is 1. The number of imidazole rings is 1. The highest BCUT2D eigenvalue weighted by Crippen LogP contribution is 3.02. The number of carbonyl (C=O) groups excluding carboxylic acids is 2. The Morgan fingerprint density at radius 2 is 1.77 bits per heavy atom. The number of nitrogens with one attached hydrogen (secondary N) is 1. The SMILES string of the molecule is CCCc1ccc(C)cc1N1C(=O)CSC1=NC(=O)Nc1ccc(-c2cn(-c3ccc(S(F)(F)(F)(F)F)cc3)cn2)cc1F. The Morgan fingerprint density at radius 1 is 1.05 bits per heavy atom. The monoisotopic (exact) mass is 653 g/mol. The smallest absolute Gasteiger partial charge is 0.306 e. The maximum atomic E-state index is 15.0. The molecule has 1 saturated heterocycles. The molecule has 1 N–H and O–H groups in total. The fourth-order valence-electron chi connectivity index (χ4n) is 4.54. The van der Waals surface area contributed by atoms with Crippen LogP contribution in [0.3, 0.4) is 0 Å². The van der Waals surface area contributed by atoms with Gasteiger partial charge in [0.15, 0.2) is 5.17 Å². The van der Waals surface area contributed by atoms with Crippen molar-refractivity contribution in [1.29, 1.82) is 0 Å². The Bertz CT molecular complexity index is 1810. The van der Waals surface area contributed by atoms with Crippen LogP contribution < -0.4 is 10.2 Å². The van der Waals surface area contributed by atoms with Gasteiger partial charge in [0.1, 0.15) is 10.7 Å². The highest BCUT2D eigenvalue weighted by Gasteiger charge is 2.65. The summed E-state index contributed by atoms with van der Waals surface area (Å²) < 4.78 is 81.4. The molecule has 0 unspecified atom stereocenters. The third-order valence-electron chi connectivity index (χ3n) is 6.63. The number of benzene rings is 3. The molecule has 2 heterocycles. The van der Waals surface area contributed by atoms with Crippen LogP contribution in [0.4, 0.5) is 40.0 Å². The molecule has 4 aromatic rings. The molecule has 7 nitrogen and oxygen atoms in total. The minimum absolute atomic E-state index is 0.0987. The Labute approximate surface area is 252 Å². The molecule has 3 aromatic carbocycles. The Hall–Kier alpha value is -4.24. The number of hydrogen-bond acceptors (Lipinski definition) is 4. The molecule has 0 spiro atoms. The van der Waals surface area contributed by atoms with E-state index in [1.165, 1.54) is 34.1 Å². The molecule has 3 amide bonds. The van der Waals surface area contributed by atoms with Crippen LogP contribution in [-0.4, -0.2) is 32.4 Å². The highest BCUT2D eigenvalue weighted by molar-refractivity contribution is 8.45. The molecular formula is C29H25F6N5O2S2. The molecule has 0 saturated carbocycles. The number of hydrogen-bond donors (Lipinski definition) is 1. The van der Waals surface area contributed by atoms with E-state index in [0.717, 1.165) is 53.9 Å². The number of aliphatic imine (C=N–C) groups is 1. The highest BCUT2D eigenvalue weighted by atomic mass is 32.5. The summed E-state index contributed by atoms with van der Waals surface area (Å²) in [5.41, 5.74) is 2.98. The van der Waals surface area contributed by atoms with Crippen molar-refractivity contribution in [1.82, 2.24) is 9.55 Å². The summed E-state index contributed by atoms with van der Waals surface area (Å²) in [6.07, 6.45) is 4.20. The Morgan fingerprint density at radius 3 is 2.43 bits per heavy atom. The number of amides is 3. The van der Waals surface area contributed by atoms with Crippen LogP contribution in [-0.2, 0) is 11.2 Å². The number of halogens is 6. The zero-order valence-electron chi connectivity index (χ0n) is 23.2. The summed E-state index contributed by atoms with van der Waals surface area (Å²) >= 11 is 1.10. The molecule has 5 rings (SSSR count). The van der Waals surface area contributed by atoms with Crippen molar-refractivity contribution >= 4 is 50.5 Å². The van der Waals surface area contributed by atoms with Gasteiger partial charge < -0.3 is 9.88 Å². The number of aromatic nitrogens is 2. The molecule has 232 valence electrons. The predicted molar refractivity (Wildman–Crippen MR) is 162 cm³/mol. The number of thioether (sulfide) groups is 1. The van der Waals surface area contributed by atoms with Crippen LogP contribution >= 0.6 is 22.0 Å². The molecule has 1 fully saturated rings. The average molecular weight is 654 g/mol. The van der Waals surface area contributed by atoms with Crippen molar-refractivity contribution in [2.24, 2.45) is 4.99 Å². The van der Waals surface area contributed by atoms with Crippen molar-refractivity contribution in [3.8, 4) is 16.9 Å². The van der Waals surface area contributed by atoms with Gasteiger partial charge in [-0.05, 0) is 66.9 Å². The molecule has 1 aromatic heterocycles. The topological polar surface area (TPSA) is 79.6 Å². The summed E-state index contributed by atoms with van der Waals surface area (Å²) in [5, 5.41) is 2.55. The van der Waals surface area contributed by atoms with Gasteiger partial charge in [-0.25, -0.2) is 14.2 Å². The van der Waals surface area contributed by atoms with E-state index in [1.807, 2.05) is 32.0 Å². The molecule has 1 aliphatic rings. The van der Waals surface area contributed by atoms with Crippen LogP contribution in [0.15, 0.2) is 83.1 Å². The Kier molecular flexibility index (Phi) is 7.61. The molecule has 1 aliphatic heterocycles. The number of rotatable bonds is 7. The van der Waals surface area contributed by atoms with Gasteiger partial charge in [0.05, 0.1) is 29.1 Å². The van der Waals surface area contributed by atoms with E-state index in [1.54, 1.807) is 0 Å². The fraction of sp³-hybridized carbons (Fsp3) is 0.172. The first kappa shape index (κ1) is 31.2. The van der Waals surface area contributed by atoms with Gasteiger partial charge in [0.2, 0.25) is 5.91 Å². The second-order valence-electron chi connectivity index (χ2n) is 10.0. The third kappa shape index (κ3) is 6.78. The molecule has 0 aliphatic carbocycles. The van der Waals surface area contributed by atoms with E-state index in [9.17, 15) is 29.0 Å². The second-order valence-corrected chi connectivity index (χ2v) is 13.4. The van der Waals surface area contributed by atoms with E-state index < -0.39 is 27.0 Å². The van der Waals surface area contributed by atoms with Crippen LogP contribution in [0, 0.1) is 12.7 Å². The first-order chi connectivity index (χ1) is 20.5. The quantitative estimate of drug-likeness (QED) is 0.202. The van der Waals surface area contributed by atoms with E-state index in [2.05, 4.69) is 15.3 Å². The van der Waals surface area contributed by atoms with Crippen LogP contribution in [0.5, 0.6) is 0 Å². The minimum atomic E-state index is -9.80. The first-order valence-electron chi connectivity index (χ1n) is 13.2. The average Bonchev–Trinajstić information content (AvgIpc) is 3.57. The van der Waals surface area contributed by atoms with Gasteiger partial charge >= 0.3 is 16.3 Å². The summed E-state index contributed by atoms with van der Waals surface area (Å²) in [4.78, 5) is 33.1. The van der Waals surface area contributed by atoms with Crippen LogP contribution in [0.2, 0.25) is 0 Å². The number of urea groups is 1. The van der Waals surface area contributed by atoms with Gasteiger partial charge in [-0.3, -0.25) is 9.69 Å². The number of nitrogens with zero attached hydrogens (tertiary/aromatic N) is 4. The van der Waals surface area contributed by atoms with Gasteiger partial charge in [-0.1, -0.05) is 62.7 Å². The standard InChI is InChI=1S/C29H25F6N5O2S2/c1-3-4-19-6-5-18(2)13-26(19)40-27(41)16-43-29(40)38-28(42)37-24-12-7-20(14-23(24)30)25-15-39(17-36-25)21-8-10-22(11-9-21)44(31,32,33,34)35/h5-15,17H,3-4,16H2,1-2H3,(H,37,42). The molecule has 44 heavy (non-hydrogen) atoms. The predicted octanol–water partition coefficient (Wildman–Crippen LogP) is 9.26. The molecule has 15 heteroatoms. The van der Waals surface area contributed by atoms with Crippen molar-refractivity contribution in [2.45, 2.75) is 31.6 Å². The molecule has 0 atom stereocenters. The molecule has 0 radical (unpaired) electrons. The second kappa shape index (κ2) is 10.7. The lowest BCUT2D eigenvalue weighted by Gasteiger charge is -2.40. The minimum Gasteiger partial charge on any atom is -0.306 e. The lowest BCUT2D eigenvalue weighted by atomic mass is 10.0. The third-order valence-corrected chi connectivity index (χ3v) is 8.72. The van der Waals surface area contributed by atoms with Crippen molar-refractivity contribution in [2.75, 3.05) is 16.0 Å². The van der Waals surface area contributed by atoms with E-state index in [-0.39, 0.29) is 39.5 Å². The van der Waals surface area contributed by atoms with Crippen LogP contribution in [0.1, 0.15) is 24.5 Å². The first-order valence-corrected chi connectivity index (χ1v) is 16.1. The number of carbonyl (C=O) groups is 2. The molecular weight excluding hydrogens is 628 g/mol. The lowest BCUT2D eigenvalue weighted by molar-refractivity contribution is -0.115. The lowest BCUT2D eigenvalue weighted by Crippen LogP contribution is -2.31. The van der Waals surface area contributed by atoms with Gasteiger partial charge in [-0.2, -0.15) is 4.99 Å². The van der Waals surface area contributed by atoms with Gasteiger partial charge in [-0.15, -0.1) is 0 Å². The van der Waals surface area contributed by atoms with Gasteiger partial charge in [0.25, 0.3) is 0 Å². The summed E-state index contributed by atoms with van der Waals surface area (Å²) in [7, 11) is -9.80. The summed E-state index contributed by atoms with van der Waals surface area (Å²) in [6.45, 7) is 3.91. The maximum absolute atomic E-state index is 15.0. The van der Waals surface area contributed by atoms with Crippen molar-refractivity contribution in [3.05, 3.63) is 90.1 Å². The maximum Gasteiger partial charge on any atom is 0.347 e. The largest absolute Gasteiger partial charge is 0.347 e. The van der Waals surface area contributed by atoms with Crippen molar-refractivity contribution < 1.29 is 33.4 Å². The zero-order chi connectivity index (χ0) is 31.9. The molecule has 0 bridgehead atoms.